The minimum absolute atomic E-state index is 0.812. The molecule has 56 nitrogen and oxygen atoms in total. The lowest BCUT2D eigenvalue weighted by Crippen LogP contribution is -2.71. The molecule has 738 valence electrons. The second-order valence-corrected chi connectivity index (χ2v) is 32.4. The number of ether oxygens (including phenoxy) is 19. The number of carbonyl (C=O) groups is 6. The lowest BCUT2D eigenvalue weighted by atomic mass is 9.93. The number of aliphatic hydroxyl groups excluding tert-OH is 25. The summed E-state index contributed by atoms with van der Waals surface area (Å²) in [5, 5.41) is 297. The van der Waals surface area contributed by atoms with Crippen molar-refractivity contribution in [2.75, 3.05) is 59.5 Å². The molecule has 0 saturated carbocycles. The molecule has 6 amide bonds. The van der Waals surface area contributed by atoms with Crippen molar-refractivity contribution in [1.82, 2.24) is 31.9 Å². The fourth-order valence-corrected chi connectivity index (χ4v) is 16.7. The molecule has 0 aromatic heterocycles. The SMILES string of the molecule is CC(=O)N[C@@H]1[C@@H](O[C@@H]2O[C@H](CO)[C@@H](O[C@@H]3O[C@H](CO[C@@H]4O[C@H](CO)[C@@H](O[C@@H]5O[C@H](CO)[C@H](O)[C@H](O[C@H]6O[C@H](CO)[C@H](O)[C@H](O)[C@H]6NC(C)=O)[C@H]5O)[C@H](O)[C@H]4NC(C)=O)[C@H](O)[C@H](O[C@@H]4O[C@H](CO)[C@@H](O[C@@H]5O[C@H](CO)[C@H](O)[C@H](O[C@H]6O[C@H](CO)[C@H](O)[C@H](O)[C@H]6NC(C)=O)[C@H]5O[C@@H]5O[C@@H](C)[C@@H](O)[C@@H](O)[C@@H]5O)[C@H](O)[C@H]4NC(C)=O)[C@H]3O)[C@H](O)[C@H]2NC(C)=O)[C@@H](O)[C@@H](CO)O[C@@H]1O. The molecule has 10 heterocycles. The van der Waals surface area contributed by atoms with Gasteiger partial charge in [0.15, 0.2) is 62.9 Å². The molecule has 50 atom stereocenters. The Morgan fingerprint density at radius 2 is 0.477 bits per heavy atom. The van der Waals surface area contributed by atoms with Crippen LogP contribution in [0, 0.1) is 0 Å². The second-order valence-electron chi connectivity index (χ2n) is 32.4. The van der Waals surface area contributed by atoms with Gasteiger partial charge < -0.3 is 250 Å². The van der Waals surface area contributed by atoms with Crippen molar-refractivity contribution >= 4 is 35.4 Å². The van der Waals surface area contributed by atoms with Crippen LogP contribution >= 0.6 is 0 Å². The van der Waals surface area contributed by atoms with Crippen molar-refractivity contribution < 1.29 is 246 Å². The van der Waals surface area contributed by atoms with Crippen molar-refractivity contribution in [2.24, 2.45) is 0 Å². The van der Waals surface area contributed by atoms with Gasteiger partial charge in [0.1, 0.15) is 238 Å². The predicted octanol–water partition coefficient (Wildman–Crippen LogP) is -20.9. The molecule has 0 radical (unpaired) electrons. The van der Waals surface area contributed by atoms with Crippen LogP contribution in [0.4, 0.5) is 0 Å². The Balaban J connectivity index is 0.980. The van der Waals surface area contributed by atoms with Gasteiger partial charge in [-0.3, -0.25) is 28.8 Å². The number of aliphatic hydroxyl groups is 25. The Morgan fingerprint density at radius 1 is 0.219 bits per heavy atom. The van der Waals surface area contributed by atoms with E-state index < -0.39 is 402 Å². The van der Waals surface area contributed by atoms with E-state index in [-0.39, 0.29) is 0 Å². The molecule has 0 spiro atoms. The van der Waals surface area contributed by atoms with Crippen molar-refractivity contribution in [3.8, 4) is 0 Å². The maximum Gasteiger partial charge on any atom is 0.217 e. The third-order valence-corrected chi connectivity index (χ3v) is 23.2. The van der Waals surface area contributed by atoms with E-state index in [9.17, 15) is 156 Å². The second kappa shape index (κ2) is 46.1. The van der Waals surface area contributed by atoms with E-state index in [2.05, 4.69) is 31.9 Å². The summed E-state index contributed by atoms with van der Waals surface area (Å²) in [5.41, 5.74) is 0. The highest BCUT2D eigenvalue weighted by Crippen LogP contribution is 2.41. The van der Waals surface area contributed by atoms with Gasteiger partial charge in [-0.05, 0) is 6.92 Å². The molecule has 0 aliphatic carbocycles. The summed E-state index contributed by atoms with van der Waals surface area (Å²) in [7, 11) is 0. The number of nitrogens with one attached hydrogen (secondary N) is 6. The Hall–Kier alpha value is -4.94. The molecule has 10 aliphatic rings. The van der Waals surface area contributed by atoms with Gasteiger partial charge in [0.05, 0.1) is 65.6 Å². The summed E-state index contributed by atoms with van der Waals surface area (Å²) in [6, 6.07) is -11.2. The highest BCUT2D eigenvalue weighted by molar-refractivity contribution is 5.75. The van der Waals surface area contributed by atoms with Gasteiger partial charge in [0.25, 0.3) is 0 Å². The molecule has 128 heavy (non-hydrogen) atoms. The molecule has 10 aliphatic heterocycles. The molecule has 0 bridgehead atoms. The van der Waals surface area contributed by atoms with E-state index in [4.69, 9.17) is 90.0 Å². The summed E-state index contributed by atoms with van der Waals surface area (Å²) in [4.78, 5) is 77.2. The summed E-state index contributed by atoms with van der Waals surface area (Å²) in [5.74, 6) is -5.49. The number of rotatable bonds is 33. The first kappa shape index (κ1) is 105. The molecule has 10 saturated heterocycles. The number of hydrogen-bond donors (Lipinski definition) is 31. The number of amides is 6. The highest BCUT2D eigenvalue weighted by atomic mass is 16.8. The van der Waals surface area contributed by atoms with E-state index in [0.29, 0.717) is 0 Å². The van der Waals surface area contributed by atoms with Gasteiger partial charge in [-0.15, -0.1) is 0 Å². The third kappa shape index (κ3) is 23.6. The fourth-order valence-electron chi connectivity index (χ4n) is 16.7. The average Bonchev–Trinajstić information content (AvgIpc) is 0.765. The van der Waals surface area contributed by atoms with E-state index in [1.807, 2.05) is 0 Å². The zero-order chi connectivity index (χ0) is 94.4. The predicted molar refractivity (Wildman–Crippen MR) is 398 cm³/mol. The zero-order valence-electron chi connectivity index (χ0n) is 69.6. The summed E-state index contributed by atoms with van der Waals surface area (Å²) < 4.78 is 114. The van der Waals surface area contributed by atoms with Crippen LogP contribution in [0.3, 0.4) is 0 Å². The van der Waals surface area contributed by atoms with Gasteiger partial charge in [0.2, 0.25) is 35.4 Å². The van der Waals surface area contributed by atoms with Gasteiger partial charge in [0, 0.05) is 41.5 Å². The topological polar surface area (TPSA) is 856 Å². The highest BCUT2D eigenvalue weighted by Gasteiger charge is 2.63. The van der Waals surface area contributed by atoms with Gasteiger partial charge in [-0.1, -0.05) is 0 Å². The number of carbonyl (C=O) groups excluding carboxylic acids is 6. The first-order valence-electron chi connectivity index (χ1n) is 41.0. The van der Waals surface area contributed by atoms with Crippen LogP contribution in [-0.4, -0.2) is 529 Å². The fraction of sp³-hybridized carbons (Fsp3) is 0.917. The monoisotopic (exact) mass is 1870 g/mol. The lowest BCUT2D eigenvalue weighted by Gasteiger charge is -2.52. The van der Waals surface area contributed by atoms with Crippen LogP contribution in [0.25, 0.3) is 0 Å². The van der Waals surface area contributed by atoms with Crippen LogP contribution in [0.15, 0.2) is 0 Å². The molecule has 10 fully saturated rings. The van der Waals surface area contributed by atoms with Crippen LogP contribution in [-0.2, 0) is 119 Å². The molecular formula is C72H120N6O50. The Kier molecular flexibility index (Phi) is 37.8. The zero-order valence-corrected chi connectivity index (χ0v) is 69.6. The molecule has 0 aromatic carbocycles. The smallest absolute Gasteiger partial charge is 0.217 e. The maximum atomic E-state index is 13.5. The van der Waals surface area contributed by atoms with E-state index in [1.54, 1.807) is 0 Å². The molecule has 0 unspecified atom stereocenters. The third-order valence-electron chi connectivity index (χ3n) is 23.2. The maximum absolute atomic E-state index is 13.5. The van der Waals surface area contributed by atoms with Crippen molar-refractivity contribution in [2.45, 2.75) is 355 Å². The van der Waals surface area contributed by atoms with E-state index in [0.717, 1.165) is 41.5 Å². The van der Waals surface area contributed by atoms with Crippen molar-refractivity contribution in [3.63, 3.8) is 0 Å². The van der Waals surface area contributed by atoms with Gasteiger partial charge in [-0.2, -0.15) is 0 Å². The largest absolute Gasteiger partial charge is 0.394 e. The molecule has 56 heteroatoms. The van der Waals surface area contributed by atoms with E-state index in [1.165, 1.54) is 6.92 Å². The Morgan fingerprint density at radius 3 is 0.867 bits per heavy atom. The normalized spacial score (nSPS) is 47.8. The van der Waals surface area contributed by atoms with Crippen molar-refractivity contribution in [1.29, 1.82) is 0 Å². The average molecular weight is 1870 g/mol. The molecule has 0 aromatic rings. The first-order chi connectivity index (χ1) is 60.5. The van der Waals surface area contributed by atoms with Crippen LogP contribution in [0.2, 0.25) is 0 Å². The van der Waals surface area contributed by atoms with Crippen LogP contribution in [0.5, 0.6) is 0 Å². The van der Waals surface area contributed by atoms with Crippen LogP contribution < -0.4 is 31.9 Å². The molecular weight excluding hydrogens is 1750 g/mol. The molecule has 10 rings (SSSR count). The van der Waals surface area contributed by atoms with Gasteiger partial charge >= 0.3 is 0 Å². The van der Waals surface area contributed by atoms with Crippen molar-refractivity contribution in [3.05, 3.63) is 0 Å². The summed E-state index contributed by atoms with van der Waals surface area (Å²) in [6.45, 7) is -3.10. The summed E-state index contributed by atoms with van der Waals surface area (Å²) >= 11 is 0. The first-order valence-corrected chi connectivity index (χ1v) is 41.0. The quantitative estimate of drug-likeness (QED) is 0.0290. The lowest BCUT2D eigenvalue weighted by molar-refractivity contribution is -0.402. The van der Waals surface area contributed by atoms with E-state index >= 15 is 0 Å². The Labute approximate surface area is 726 Å². The van der Waals surface area contributed by atoms with Gasteiger partial charge in [-0.25, -0.2) is 0 Å². The molecule has 31 N–H and O–H groups in total. The minimum Gasteiger partial charge on any atom is -0.394 e. The standard InChI is InChI=1S/C72H120N6O50/c1-17-39(93)51(105)52(106)69(111-17)128-62-61(127-66-34(74-19(3)88)47(101)41(95)25(9-80)114-66)44(98)28(12-83)116-72(62)123-57-31(15-86)119-68(37(50(57)104)77-22(6)91)126-60-45(99)32(120-71(54(60)108)122-56-30(14-85)118-67(36(49(56)103)76-21(5)90)124-58-38(78-23(7)92)63(109)112-26(10-81)42(58)96)16-110-64-35(75-20(4)89)48(102)55(29(13-84)117-64)121-70-53(107)59(43(97)27(11-82)115-70)125-65-33(73-18(2)87)46(100)40(94)24(8-79)113-65/h17,24-72,79-86,93-109H,8-16H2,1-7H3,(H,73,87)(H,74,88)(H,75,89)(H,76,90)(H,77,91)(H,78,92)/t17-,24+,25+,26+,27+,28+,29+,30+,31+,32+,33+,34+,35+,36+,37+,38+,39+,40-,41-,42-,43-,44-,45-,46+,47+,48+,49+,50+,51+,52-,53+,54+,55+,56+,57+,58+,59-,60-,61-,62+,63-,64+,65+,66+,67-,68-,69-,70-,71-,72-/m0/s1. The summed E-state index contributed by atoms with van der Waals surface area (Å²) in [6.07, 6.45) is -91.0. The van der Waals surface area contributed by atoms with Crippen LogP contribution in [0.1, 0.15) is 48.5 Å². The Bertz CT molecular complexity index is 3550. The minimum atomic E-state index is -2.58. The number of hydrogen-bond acceptors (Lipinski definition) is 50.